The Labute approximate surface area is 110 Å². The summed E-state index contributed by atoms with van der Waals surface area (Å²) in [6.45, 7) is 2.25. The molecule has 0 saturated carbocycles. The van der Waals surface area contributed by atoms with Gasteiger partial charge >= 0.3 is 5.97 Å². The Kier molecular flexibility index (Phi) is 3.69. The van der Waals surface area contributed by atoms with Gasteiger partial charge in [-0.1, -0.05) is 0 Å². The van der Waals surface area contributed by atoms with E-state index in [1.165, 1.54) is 18.5 Å². The molecule has 19 heavy (non-hydrogen) atoms. The van der Waals surface area contributed by atoms with Gasteiger partial charge in [0.25, 0.3) is 5.91 Å². The molecule has 2 atom stereocenters. The predicted octanol–water partition coefficient (Wildman–Crippen LogP) is 1.11. The van der Waals surface area contributed by atoms with Crippen molar-refractivity contribution in [2.45, 2.75) is 25.8 Å². The number of hydrogen-bond acceptors (Lipinski definition) is 4. The molecule has 1 aromatic rings. The summed E-state index contributed by atoms with van der Waals surface area (Å²) in [5.41, 5.74) is 0.320. The maximum absolute atomic E-state index is 12.3. The third-order valence-corrected chi connectivity index (χ3v) is 3.46. The maximum atomic E-state index is 12.3. The van der Waals surface area contributed by atoms with E-state index < -0.39 is 5.97 Å². The number of pyridine rings is 1. The molecule has 0 bridgehead atoms. The molecule has 1 aliphatic rings. The zero-order valence-electron chi connectivity index (χ0n) is 10.6. The number of rotatable bonds is 2. The van der Waals surface area contributed by atoms with Crippen LogP contribution in [0.3, 0.4) is 0 Å². The number of carboxylic acids is 1. The van der Waals surface area contributed by atoms with Crippen LogP contribution in [-0.2, 0) is 4.79 Å². The summed E-state index contributed by atoms with van der Waals surface area (Å²) in [5.74, 6) is -1.47. The molecule has 2 heterocycles. The average molecular weight is 264 g/mol. The van der Waals surface area contributed by atoms with Crippen LogP contribution in [0.15, 0.2) is 18.5 Å². The number of piperidine rings is 1. The van der Waals surface area contributed by atoms with Gasteiger partial charge in [0, 0.05) is 18.8 Å². The van der Waals surface area contributed by atoms with Gasteiger partial charge in [-0.05, 0) is 25.8 Å². The van der Waals surface area contributed by atoms with Gasteiger partial charge in [0.2, 0.25) is 0 Å². The van der Waals surface area contributed by atoms with E-state index in [1.807, 2.05) is 6.92 Å². The van der Waals surface area contributed by atoms with Crippen LogP contribution in [0.25, 0.3) is 0 Å². The summed E-state index contributed by atoms with van der Waals surface area (Å²) in [4.78, 5) is 28.6. The van der Waals surface area contributed by atoms with Crippen molar-refractivity contribution in [2.24, 2.45) is 5.92 Å². The van der Waals surface area contributed by atoms with Crippen LogP contribution in [0.2, 0.25) is 0 Å². The van der Waals surface area contributed by atoms with Crippen molar-refractivity contribution >= 4 is 11.9 Å². The molecule has 0 aliphatic carbocycles. The molecule has 1 aliphatic heterocycles. The average Bonchev–Trinajstić information content (AvgIpc) is 2.37. The molecule has 2 rings (SSSR count). The molecule has 6 heteroatoms. The summed E-state index contributed by atoms with van der Waals surface area (Å²) in [6.07, 6.45) is 3.57. The summed E-state index contributed by atoms with van der Waals surface area (Å²) < 4.78 is 0. The minimum Gasteiger partial charge on any atom is -0.506 e. The highest BCUT2D eigenvalue weighted by molar-refractivity contribution is 5.94. The molecule has 0 radical (unpaired) electrons. The molecular weight excluding hydrogens is 248 g/mol. The molecule has 1 amide bonds. The van der Waals surface area contributed by atoms with E-state index >= 15 is 0 Å². The highest BCUT2D eigenvalue weighted by atomic mass is 16.4. The summed E-state index contributed by atoms with van der Waals surface area (Å²) in [6, 6.07) is 1.23. The fourth-order valence-corrected chi connectivity index (χ4v) is 2.41. The minimum absolute atomic E-state index is 0.0566. The fourth-order valence-electron chi connectivity index (χ4n) is 2.41. The lowest BCUT2D eigenvalue weighted by atomic mass is 9.91. The van der Waals surface area contributed by atoms with Crippen molar-refractivity contribution in [2.75, 3.05) is 6.54 Å². The number of carbonyl (C=O) groups excluding carboxylic acids is 1. The van der Waals surface area contributed by atoms with Crippen LogP contribution in [-0.4, -0.2) is 44.6 Å². The largest absolute Gasteiger partial charge is 0.506 e. The quantitative estimate of drug-likeness (QED) is 0.835. The van der Waals surface area contributed by atoms with Gasteiger partial charge < -0.3 is 15.1 Å². The van der Waals surface area contributed by atoms with Gasteiger partial charge in [-0.25, -0.2) is 0 Å². The van der Waals surface area contributed by atoms with Crippen LogP contribution in [0.4, 0.5) is 0 Å². The fraction of sp³-hybridized carbons (Fsp3) is 0.462. The number of amides is 1. The maximum Gasteiger partial charge on any atom is 0.306 e. The number of nitrogens with zero attached hydrogens (tertiary/aromatic N) is 2. The van der Waals surface area contributed by atoms with E-state index in [0.29, 0.717) is 24.9 Å². The molecule has 6 nitrogen and oxygen atoms in total. The van der Waals surface area contributed by atoms with Crippen molar-refractivity contribution in [1.29, 1.82) is 0 Å². The molecule has 102 valence electrons. The highest BCUT2D eigenvalue weighted by Gasteiger charge is 2.32. The SMILES string of the molecule is C[C@@H]1C[C@H](C(=O)O)CCN1C(=O)c1cncc(O)c1. The molecule has 0 aromatic carbocycles. The smallest absolute Gasteiger partial charge is 0.306 e. The zero-order valence-corrected chi connectivity index (χ0v) is 10.6. The second-order valence-electron chi connectivity index (χ2n) is 4.84. The molecule has 0 spiro atoms. The van der Waals surface area contributed by atoms with Crippen molar-refractivity contribution in [1.82, 2.24) is 9.88 Å². The zero-order chi connectivity index (χ0) is 14.0. The van der Waals surface area contributed by atoms with Gasteiger partial charge in [0.05, 0.1) is 17.7 Å². The van der Waals surface area contributed by atoms with Crippen LogP contribution in [0.5, 0.6) is 5.75 Å². The first kappa shape index (κ1) is 13.3. The van der Waals surface area contributed by atoms with E-state index in [4.69, 9.17) is 5.11 Å². The standard InChI is InChI=1S/C13H16N2O4/c1-8-4-9(13(18)19)2-3-15(8)12(17)10-5-11(16)7-14-6-10/h5-9,16H,2-4H2,1H3,(H,18,19)/t8-,9-/m1/s1. The Bertz CT molecular complexity index is 503. The number of aliphatic carboxylic acids is 1. The molecule has 2 N–H and O–H groups in total. The lowest BCUT2D eigenvalue weighted by Gasteiger charge is -2.36. The first-order valence-electron chi connectivity index (χ1n) is 6.17. The lowest BCUT2D eigenvalue weighted by molar-refractivity contribution is -0.143. The molecular formula is C13H16N2O4. The molecule has 0 unspecified atom stereocenters. The van der Waals surface area contributed by atoms with Gasteiger partial charge in [0.15, 0.2) is 0 Å². The van der Waals surface area contributed by atoms with Crippen LogP contribution in [0.1, 0.15) is 30.1 Å². The number of carboxylic acid groups (broad SMARTS) is 1. The second-order valence-corrected chi connectivity index (χ2v) is 4.84. The van der Waals surface area contributed by atoms with Crippen LogP contribution < -0.4 is 0 Å². The normalized spacial score (nSPS) is 23.1. The van der Waals surface area contributed by atoms with Crippen molar-refractivity contribution < 1.29 is 19.8 Å². The highest BCUT2D eigenvalue weighted by Crippen LogP contribution is 2.25. The number of hydrogen-bond donors (Lipinski definition) is 2. The summed E-state index contributed by atoms with van der Waals surface area (Å²) >= 11 is 0. The molecule has 1 fully saturated rings. The number of carbonyl (C=O) groups is 2. The Hall–Kier alpha value is -2.11. The summed E-state index contributed by atoms with van der Waals surface area (Å²) in [7, 11) is 0. The molecule has 1 saturated heterocycles. The third-order valence-electron chi connectivity index (χ3n) is 3.46. The second kappa shape index (κ2) is 5.26. The Morgan fingerprint density at radius 3 is 2.74 bits per heavy atom. The van der Waals surface area contributed by atoms with Crippen molar-refractivity contribution in [3.8, 4) is 5.75 Å². The molecule has 1 aromatic heterocycles. The van der Waals surface area contributed by atoms with Gasteiger partial charge in [-0.3, -0.25) is 14.6 Å². The Morgan fingerprint density at radius 2 is 2.16 bits per heavy atom. The first-order chi connectivity index (χ1) is 8.99. The number of likely N-dealkylation sites (tertiary alicyclic amines) is 1. The number of aromatic hydroxyl groups is 1. The first-order valence-corrected chi connectivity index (χ1v) is 6.17. The monoisotopic (exact) mass is 264 g/mol. The van der Waals surface area contributed by atoms with E-state index in [1.54, 1.807) is 4.90 Å². The Morgan fingerprint density at radius 1 is 1.42 bits per heavy atom. The van der Waals surface area contributed by atoms with E-state index in [0.717, 1.165) is 0 Å². The van der Waals surface area contributed by atoms with Crippen molar-refractivity contribution in [3.05, 3.63) is 24.0 Å². The minimum atomic E-state index is -0.807. The van der Waals surface area contributed by atoms with E-state index in [9.17, 15) is 14.7 Å². The Balaban J connectivity index is 2.11. The van der Waals surface area contributed by atoms with Gasteiger partial charge in [-0.15, -0.1) is 0 Å². The van der Waals surface area contributed by atoms with Gasteiger partial charge in [-0.2, -0.15) is 0 Å². The predicted molar refractivity (Wildman–Crippen MR) is 66.8 cm³/mol. The van der Waals surface area contributed by atoms with Crippen molar-refractivity contribution in [3.63, 3.8) is 0 Å². The van der Waals surface area contributed by atoms with E-state index in [2.05, 4.69) is 4.98 Å². The van der Waals surface area contributed by atoms with E-state index in [-0.39, 0.29) is 23.6 Å². The van der Waals surface area contributed by atoms with Crippen LogP contribution >= 0.6 is 0 Å². The topological polar surface area (TPSA) is 90.7 Å². The summed E-state index contributed by atoms with van der Waals surface area (Å²) in [5, 5.41) is 18.3. The third kappa shape index (κ3) is 2.83. The van der Waals surface area contributed by atoms with Gasteiger partial charge in [0.1, 0.15) is 5.75 Å². The number of aromatic nitrogens is 1. The lowest BCUT2D eigenvalue weighted by Crippen LogP contribution is -2.46. The van der Waals surface area contributed by atoms with Crippen LogP contribution in [0, 0.1) is 5.92 Å².